The molecule has 0 aromatic heterocycles. The first kappa shape index (κ1) is 20.5. The smallest absolute Gasteiger partial charge is 0.224 e. The zero-order valence-corrected chi connectivity index (χ0v) is 17.7. The molecule has 1 amide bonds. The number of rotatable bonds is 4. The van der Waals surface area contributed by atoms with E-state index < -0.39 is 0 Å². The zero-order chi connectivity index (χ0) is 19.5. The minimum absolute atomic E-state index is 0.00123. The fraction of sp³-hybridized carbons (Fsp3) is 0.609. The summed E-state index contributed by atoms with van der Waals surface area (Å²) < 4.78 is 0. The van der Waals surface area contributed by atoms with Crippen molar-refractivity contribution in [3.8, 4) is 0 Å². The van der Waals surface area contributed by atoms with Gasteiger partial charge in [0, 0.05) is 30.9 Å². The van der Waals surface area contributed by atoms with E-state index >= 15 is 0 Å². The number of benzene rings is 1. The van der Waals surface area contributed by atoms with E-state index in [2.05, 4.69) is 76.9 Å². The highest BCUT2D eigenvalue weighted by Crippen LogP contribution is 2.32. The fourth-order valence-corrected chi connectivity index (χ4v) is 3.81. The summed E-state index contributed by atoms with van der Waals surface area (Å²) >= 11 is 0. The molecule has 1 N–H and O–H groups in total. The van der Waals surface area contributed by atoms with Crippen molar-refractivity contribution >= 4 is 17.3 Å². The van der Waals surface area contributed by atoms with Crippen LogP contribution in [0.3, 0.4) is 0 Å². The molecule has 1 aromatic carbocycles. The van der Waals surface area contributed by atoms with E-state index in [1.165, 1.54) is 24.1 Å². The normalized spacial score (nSPS) is 16.7. The van der Waals surface area contributed by atoms with Crippen molar-refractivity contribution < 1.29 is 4.79 Å². The summed E-state index contributed by atoms with van der Waals surface area (Å²) in [6.07, 6.45) is 5.23. The van der Waals surface area contributed by atoms with Gasteiger partial charge >= 0.3 is 0 Å². The average molecular weight is 357 g/mol. The van der Waals surface area contributed by atoms with Gasteiger partial charge in [-0.15, -0.1) is 0 Å². The van der Waals surface area contributed by atoms with Gasteiger partial charge in [0.2, 0.25) is 5.91 Å². The topological polar surface area (TPSA) is 32.3 Å². The summed E-state index contributed by atoms with van der Waals surface area (Å²) in [6.45, 7) is 17.1. The molecule has 1 heterocycles. The third-order valence-corrected chi connectivity index (χ3v) is 5.43. The van der Waals surface area contributed by atoms with Crippen LogP contribution >= 0.6 is 0 Å². The number of aryl methyl sites for hydroxylation is 2. The van der Waals surface area contributed by atoms with Gasteiger partial charge in [-0.1, -0.05) is 32.4 Å². The van der Waals surface area contributed by atoms with Gasteiger partial charge in [0.05, 0.1) is 0 Å². The van der Waals surface area contributed by atoms with Crippen molar-refractivity contribution in [1.29, 1.82) is 0 Å². The number of carbonyl (C=O) groups is 1. The van der Waals surface area contributed by atoms with Crippen LogP contribution in [0.25, 0.3) is 0 Å². The molecular weight excluding hydrogens is 320 g/mol. The van der Waals surface area contributed by atoms with Gasteiger partial charge < -0.3 is 10.2 Å². The molecule has 0 unspecified atom stereocenters. The molecule has 1 aliphatic rings. The molecule has 0 bridgehead atoms. The van der Waals surface area contributed by atoms with E-state index in [0.717, 1.165) is 35.8 Å². The highest BCUT2D eigenvalue weighted by Gasteiger charge is 2.22. The molecule has 1 saturated heterocycles. The molecule has 3 nitrogen and oxygen atoms in total. The molecule has 2 rings (SSSR count). The number of nitrogens with one attached hydrogen (secondary N) is 1. The Kier molecular flexibility index (Phi) is 6.54. The molecule has 0 aliphatic carbocycles. The Labute approximate surface area is 159 Å². The molecule has 1 aliphatic heterocycles. The largest absolute Gasteiger partial charge is 0.371 e. The second-order valence-corrected chi connectivity index (χ2v) is 9.03. The highest BCUT2D eigenvalue weighted by molar-refractivity contribution is 5.93. The molecular formula is C23H36N2O. The number of carbonyl (C=O) groups excluding carboxylic acids is 1. The average Bonchev–Trinajstić information content (AvgIpc) is 2.55. The quantitative estimate of drug-likeness (QED) is 0.685. The Morgan fingerprint density at radius 2 is 1.73 bits per heavy atom. The predicted octanol–water partition coefficient (Wildman–Crippen LogP) is 5.86. The number of amides is 1. The van der Waals surface area contributed by atoms with Crippen LogP contribution < -0.4 is 10.2 Å². The van der Waals surface area contributed by atoms with E-state index in [-0.39, 0.29) is 11.3 Å². The first-order chi connectivity index (χ1) is 12.1. The molecule has 144 valence electrons. The summed E-state index contributed by atoms with van der Waals surface area (Å²) in [5.41, 5.74) is 6.08. The Balaban J connectivity index is 2.09. The maximum atomic E-state index is 12.3. The summed E-state index contributed by atoms with van der Waals surface area (Å²) in [7, 11) is 0. The van der Waals surface area contributed by atoms with Crippen molar-refractivity contribution in [3.63, 3.8) is 0 Å². The van der Waals surface area contributed by atoms with Gasteiger partial charge in [-0.2, -0.15) is 0 Å². The van der Waals surface area contributed by atoms with E-state index in [4.69, 9.17) is 0 Å². The highest BCUT2D eigenvalue weighted by atomic mass is 16.1. The summed E-state index contributed by atoms with van der Waals surface area (Å²) in [5.74, 6) is 0.827. The standard InChI is InChI=1S/C23H36N2O/c1-8-16(2)19-9-11-25(12-10-19)20-13-17(3)22(18(4)14-20)24-21(26)15-23(5,6)7/h8,13-14,19H,9-12,15H2,1-7H3,(H,24,26)/b16-8+. The van der Waals surface area contributed by atoms with Crippen LogP contribution in [0.5, 0.6) is 0 Å². The number of hydrogen-bond acceptors (Lipinski definition) is 2. The number of anilines is 2. The third kappa shape index (κ3) is 5.36. The predicted molar refractivity (Wildman–Crippen MR) is 113 cm³/mol. The SMILES string of the molecule is C/C=C(\C)C1CCN(c2cc(C)c(NC(=O)CC(C)(C)C)c(C)c2)CC1. The van der Waals surface area contributed by atoms with E-state index in [1.807, 2.05) is 0 Å². The second kappa shape index (κ2) is 8.28. The van der Waals surface area contributed by atoms with E-state index in [9.17, 15) is 4.79 Å². The summed E-state index contributed by atoms with van der Waals surface area (Å²) in [4.78, 5) is 14.8. The van der Waals surface area contributed by atoms with Crippen molar-refractivity contribution in [3.05, 3.63) is 34.9 Å². The molecule has 26 heavy (non-hydrogen) atoms. The molecule has 1 aromatic rings. The molecule has 0 radical (unpaired) electrons. The molecule has 0 atom stereocenters. The van der Waals surface area contributed by atoms with Gasteiger partial charge in [-0.05, 0) is 75.1 Å². The second-order valence-electron chi connectivity index (χ2n) is 9.03. The zero-order valence-electron chi connectivity index (χ0n) is 17.7. The van der Waals surface area contributed by atoms with Crippen LogP contribution in [-0.4, -0.2) is 19.0 Å². The lowest BCUT2D eigenvalue weighted by molar-refractivity contribution is -0.117. The van der Waals surface area contributed by atoms with Crippen LogP contribution in [0.15, 0.2) is 23.8 Å². The Morgan fingerprint density at radius 3 is 2.19 bits per heavy atom. The Hall–Kier alpha value is -1.77. The Morgan fingerprint density at radius 1 is 1.19 bits per heavy atom. The number of allylic oxidation sites excluding steroid dienone is 2. The lowest BCUT2D eigenvalue weighted by atomic mass is 9.89. The van der Waals surface area contributed by atoms with Crippen LogP contribution in [0.1, 0.15) is 65.0 Å². The van der Waals surface area contributed by atoms with Crippen molar-refractivity contribution in [2.75, 3.05) is 23.3 Å². The van der Waals surface area contributed by atoms with Gasteiger partial charge in [0.1, 0.15) is 0 Å². The van der Waals surface area contributed by atoms with Crippen LogP contribution in [0.2, 0.25) is 0 Å². The lowest BCUT2D eigenvalue weighted by Gasteiger charge is -2.34. The molecule has 0 spiro atoms. The van der Waals surface area contributed by atoms with Gasteiger partial charge in [-0.3, -0.25) is 4.79 Å². The van der Waals surface area contributed by atoms with Crippen LogP contribution in [0, 0.1) is 25.2 Å². The van der Waals surface area contributed by atoms with Crippen molar-refractivity contribution in [2.45, 2.75) is 67.7 Å². The Bertz CT molecular complexity index is 651. The third-order valence-electron chi connectivity index (χ3n) is 5.43. The van der Waals surface area contributed by atoms with Crippen LogP contribution in [-0.2, 0) is 4.79 Å². The van der Waals surface area contributed by atoms with Gasteiger partial charge in [0.15, 0.2) is 0 Å². The van der Waals surface area contributed by atoms with Crippen LogP contribution in [0.4, 0.5) is 11.4 Å². The minimum Gasteiger partial charge on any atom is -0.371 e. The summed E-state index contributed by atoms with van der Waals surface area (Å²) in [5, 5.41) is 3.13. The van der Waals surface area contributed by atoms with Crippen molar-refractivity contribution in [1.82, 2.24) is 0 Å². The minimum atomic E-state index is 0.00123. The molecule has 1 fully saturated rings. The van der Waals surface area contributed by atoms with E-state index in [1.54, 1.807) is 0 Å². The monoisotopic (exact) mass is 356 g/mol. The van der Waals surface area contributed by atoms with Gasteiger partial charge in [0.25, 0.3) is 0 Å². The number of hydrogen-bond donors (Lipinski definition) is 1. The number of piperidine rings is 1. The first-order valence-corrected chi connectivity index (χ1v) is 9.89. The van der Waals surface area contributed by atoms with Gasteiger partial charge in [-0.25, -0.2) is 0 Å². The first-order valence-electron chi connectivity index (χ1n) is 9.89. The maximum Gasteiger partial charge on any atom is 0.224 e. The fourth-order valence-electron chi connectivity index (χ4n) is 3.81. The number of nitrogens with zero attached hydrogens (tertiary/aromatic N) is 1. The summed E-state index contributed by atoms with van der Waals surface area (Å²) in [6, 6.07) is 4.45. The molecule has 3 heteroatoms. The maximum absolute atomic E-state index is 12.3. The lowest BCUT2D eigenvalue weighted by Crippen LogP contribution is -2.34. The van der Waals surface area contributed by atoms with Crippen molar-refractivity contribution in [2.24, 2.45) is 11.3 Å². The van der Waals surface area contributed by atoms with E-state index in [0.29, 0.717) is 6.42 Å². The molecule has 0 saturated carbocycles.